The molecule has 0 saturated heterocycles. The minimum atomic E-state index is -4.84. The smallest absolute Gasteiger partial charge is 0.321 e. The van der Waals surface area contributed by atoms with Gasteiger partial charge in [-0.2, -0.15) is 23.4 Å². The van der Waals surface area contributed by atoms with E-state index in [1.807, 2.05) is 0 Å². The maximum Gasteiger partial charge on any atom is 0.420 e. The predicted octanol–water partition coefficient (Wildman–Crippen LogP) is 5.51. The van der Waals surface area contributed by atoms with Crippen LogP contribution < -0.4 is 5.32 Å². The quantitative estimate of drug-likeness (QED) is 0.294. The molecule has 2 aromatic carbocycles. The van der Waals surface area contributed by atoms with Gasteiger partial charge >= 0.3 is 6.18 Å². The lowest BCUT2D eigenvalue weighted by molar-refractivity contribution is -0.137. The molecule has 176 valence electrons. The molecule has 1 N–H and O–H groups in total. The topological polar surface area (TPSA) is 72.7 Å². The van der Waals surface area contributed by atoms with Gasteiger partial charge in [0.15, 0.2) is 5.82 Å². The number of benzene rings is 2. The Morgan fingerprint density at radius 3 is 2.43 bits per heavy atom. The summed E-state index contributed by atoms with van der Waals surface area (Å²) in [5.41, 5.74) is -1.75. The van der Waals surface area contributed by atoms with Crippen molar-refractivity contribution in [1.82, 2.24) is 20.0 Å². The SMILES string of the molecule is C#Cc1cc(F)ccc1-c1cc(Cl)c(C(=O)Nc2cnc(-n3nccn3)c(C(F)(F)F)c2)cc1F. The van der Waals surface area contributed by atoms with Crippen molar-refractivity contribution in [3.05, 3.63) is 88.3 Å². The van der Waals surface area contributed by atoms with Gasteiger partial charge in [0.2, 0.25) is 0 Å². The van der Waals surface area contributed by atoms with Gasteiger partial charge in [0, 0.05) is 16.7 Å². The lowest BCUT2D eigenvalue weighted by Crippen LogP contribution is -2.17. The summed E-state index contributed by atoms with van der Waals surface area (Å²) < 4.78 is 69.0. The van der Waals surface area contributed by atoms with E-state index in [0.29, 0.717) is 10.9 Å². The van der Waals surface area contributed by atoms with Gasteiger partial charge in [-0.1, -0.05) is 23.6 Å². The minimum Gasteiger partial charge on any atom is -0.321 e. The van der Waals surface area contributed by atoms with Gasteiger partial charge in [-0.05, 0) is 30.3 Å². The number of carbonyl (C=O) groups is 1. The second-order valence-electron chi connectivity index (χ2n) is 7.01. The molecule has 0 saturated carbocycles. The van der Waals surface area contributed by atoms with Crippen LogP contribution in [-0.2, 0) is 6.18 Å². The van der Waals surface area contributed by atoms with Crippen LogP contribution >= 0.6 is 11.6 Å². The van der Waals surface area contributed by atoms with Gasteiger partial charge in [0.25, 0.3) is 5.91 Å². The summed E-state index contributed by atoms with van der Waals surface area (Å²) in [6, 6.07) is 5.94. The van der Waals surface area contributed by atoms with E-state index >= 15 is 0 Å². The normalized spacial score (nSPS) is 11.2. The number of pyridine rings is 1. The Morgan fingerprint density at radius 2 is 1.77 bits per heavy atom. The van der Waals surface area contributed by atoms with Crippen LogP contribution in [0.15, 0.2) is 55.0 Å². The molecule has 12 heteroatoms. The second kappa shape index (κ2) is 9.15. The third-order valence-corrected chi connectivity index (χ3v) is 5.08. The van der Waals surface area contributed by atoms with Crippen LogP contribution in [0.1, 0.15) is 21.5 Å². The highest BCUT2D eigenvalue weighted by molar-refractivity contribution is 6.34. The maximum absolute atomic E-state index is 14.9. The van der Waals surface area contributed by atoms with Crippen molar-refractivity contribution in [2.24, 2.45) is 0 Å². The fraction of sp³-hybridized carbons (Fsp3) is 0.0435. The van der Waals surface area contributed by atoms with Crippen molar-refractivity contribution in [3.63, 3.8) is 0 Å². The van der Waals surface area contributed by atoms with Crippen LogP contribution in [-0.4, -0.2) is 25.9 Å². The number of hydrogen-bond donors (Lipinski definition) is 1. The molecule has 4 aromatic rings. The van der Waals surface area contributed by atoms with Crippen molar-refractivity contribution < 1.29 is 26.7 Å². The van der Waals surface area contributed by atoms with Crippen LogP contribution in [0, 0.1) is 24.0 Å². The number of alkyl halides is 3. The molecular formula is C23H11ClF5N5O. The molecule has 0 unspecified atom stereocenters. The van der Waals surface area contributed by atoms with E-state index in [1.54, 1.807) is 0 Å². The molecule has 0 aliphatic heterocycles. The molecule has 0 radical (unpaired) electrons. The molecule has 4 rings (SSSR count). The molecule has 2 aromatic heterocycles. The molecule has 6 nitrogen and oxygen atoms in total. The average Bonchev–Trinajstić information content (AvgIpc) is 3.34. The zero-order chi connectivity index (χ0) is 25.3. The van der Waals surface area contributed by atoms with Crippen molar-refractivity contribution in [1.29, 1.82) is 0 Å². The molecule has 0 aliphatic rings. The van der Waals surface area contributed by atoms with Gasteiger partial charge in [-0.15, -0.1) is 11.2 Å². The van der Waals surface area contributed by atoms with Crippen LogP contribution in [0.25, 0.3) is 16.9 Å². The second-order valence-corrected chi connectivity index (χ2v) is 7.42. The summed E-state index contributed by atoms with van der Waals surface area (Å²) in [5, 5.41) is 9.27. The van der Waals surface area contributed by atoms with Gasteiger partial charge in [0.1, 0.15) is 17.2 Å². The fourth-order valence-electron chi connectivity index (χ4n) is 3.22. The number of halogens is 6. The highest BCUT2D eigenvalue weighted by Crippen LogP contribution is 2.35. The predicted molar refractivity (Wildman–Crippen MR) is 117 cm³/mol. The number of rotatable bonds is 4. The van der Waals surface area contributed by atoms with Crippen LogP contribution in [0.3, 0.4) is 0 Å². The molecule has 1 amide bonds. The van der Waals surface area contributed by atoms with E-state index in [9.17, 15) is 26.7 Å². The molecular weight excluding hydrogens is 493 g/mol. The highest BCUT2D eigenvalue weighted by Gasteiger charge is 2.36. The minimum absolute atomic E-state index is 0.0645. The van der Waals surface area contributed by atoms with Crippen LogP contribution in [0.2, 0.25) is 5.02 Å². The Kier molecular flexibility index (Phi) is 6.24. The number of terminal acetylenes is 1. The Balaban J connectivity index is 1.67. The van der Waals surface area contributed by atoms with Crippen molar-refractivity contribution in [3.8, 4) is 29.3 Å². The lowest BCUT2D eigenvalue weighted by Gasteiger charge is -2.14. The number of nitrogens with zero attached hydrogens (tertiary/aromatic N) is 4. The van der Waals surface area contributed by atoms with Gasteiger partial charge in [0.05, 0.1) is 34.9 Å². The number of carbonyl (C=O) groups excluding carboxylic acids is 1. The Labute approximate surface area is 199 Å². The Hall–Kier alpha value is -4.30. The Bertz CT molecular complexity index is 1480. The monoisotopic (exact) mass is 503 g/mol. The summed E-state index contributed by atoms with van der Waals surface area (Å²) in [7, 11) is 0. The number of aromatic nitrogens is 4. The van der Waals surface area contributed by atoms with E-state index in [2.05, 4.69) is 26.4 Å². The van der Waals surface area contributed by atoms with Gasteiger partial charge in [-0.3, -0.25) is 4.79 Å². The van der Waals surface area contributed by atoms with Crippen molar-refractivity contribution >= 4 is 23.2 Å². The summed E-state index contributed by atoms with van der Waals surface area (Å²) in [6.07, 6.45) is 3.83. The highest BCUT2D eigenvalue weighted by atomic mass is 35.5. The third-order valence-electron chi connectivity index (χ3n) is 4.77. The first-order valence-electron chi connectivity index (χ1n) is 9.59. The van der Waals surface area contributed by atoms with E-state index in [-0.39, 0.29) is 33.0 Å². The van der Waals surface area contributed by atoms with E-state index in [1.165, 1.54) is 18.5 Å². The first kappa shape index (κ1) is 23.8. The zero-order valence-electron chi connectivity index (χ0n) is 17.2. The van der Waals surface area contributed by atoms with Crippen molar-refractivity contribution in [2.75, 3.05) is 5.32 Å². The first-order chi connectivity index (χ1) is 16.6. The average molecular weight is 504 g/mol. The summed E-state index contributed by atoms with van der Waals surface area (Å²) in [6.45, 7) is 0. The van der Waals surface area contributed by atoms with Crippen LogP contribution in [0.5, 0.6) is 0 Å². The molecule has 0 spiro atoms. The zero-order valence-corrected chi connectivity index (χ0v) is 18.0. The number of amides is 1. The largest absolute Gasteiger partial charge is 0.420 e. The lowest BCUT2D eigenvalue weighted by atomic mass is 9.98. The number of hydrogen-bond acceptors (Lipinski definition) is 4. The van der Waals surface area contributed by atoms with E-state index < -0.39 is 35.1 Å². The fourth-order valence-corrected chi connectivity index (χ4v) is 3.46. The number of anilines is 1. The first-order valence-corrected chi connectivity index (χ1v) is 9.97. The van der Waals surface area contributed by atoms with Crippen molar-refractivity contribution in [2.45, 2.75) is 6.18 Å². The molecule has 2 heterocycles. The standard InChI is InChI=1S/C23H11ClF5N5O/c1-2-12-7-13(25)3-4-15(12)16-9-19(24)17(10-20(16)26)22(35)33-14-8-18(23(27,28)29)21(30-11-14)34-31-5-6-32-34/h1,3-11H,(H,33,35). The van der Waals surface area contributed by atoms with E-state index in [0.717, 1.165) is 30.5 Å². The molecule has 0 bridgehead atoms. The molecule has 0 aliphatic carbocycles. The van der Waals surface area contributed by atoms with Crippen LogP contribution in [0.4, 0.5) is 27.6 Å². The number of nitrogens with one attached hydrogen (secondary N) is 1. The van der Waals surface area contributed by atoms with Gasteiger partial charge in [-0.25, -0.2) is 13.8 Å². The molecule has 0 fully saturated rings. The Morgan fingerprint density at radius 1 is 1.06 bits per heavy atom. The maximum atomic E-state index is 14.9. The summed E-state index contributed by atoms with van der Waals surface area (Å²) >= 11 is 6.17. The van der Waals surface area contributed by atoms with Gasteiger partial charge < -0.3 is 5.32 Å². The molecule has 35 heavy (non-hydrogen) atoms. The third kappa shape index (κ3) is 4.83. The molecule has 0 atom stereocenters. The summed E-state index contributed by atoms with van der Waals surface area (Å²) in [4.78, 5) is 17.1. The summed E-state index contributed by atoms with van der Waals surface area (Å²) in [5.74, 6) is -0.869. The van der Waals surface area contributed by atoms with E-state index in [4.69, 9.17) is 18.0 Å².